The fourth-order valence-electron chi connectivity index (χ4n) is 2.29. The van der Waals surface area contributed by atoms with E-state index in [4.69, 9.17) is 0 Å². The molecule has 1 aromatic carbocycles. The Balaban J connectivity index is 2.04. The van der Waals surface area contributed by atoms with Gasteiger partial charge in [-0.25, -0.2) is 0 Å². The predicted octanol–water partition coefficient (Wildman–Crippen LogP) is 2.64. The molecule has 88 valence electrons. The monoisotopic (exact) mass is 236 g/mol. The van der Waals surface area contributed by atoms with Gasteiger partial charge in [-0.2, -0.15) is 0 Å². The molecule has 0 aliphatic heterocycles. The number of nitrogens with zero attached hydrogens (tertiary/aromatic N) is 1. The van der Waals surface area contributed by atoms with Crippen molar-refractivity contribution in [2.75, 3.05) is 5.32 Å². The number of benzene rings is 1. The van der Waals surface area contributed by atoms with Crippen LogP contribution < -0.4 is 5.32 Å². The van der Waals surface area contributed by atoms with Crippen molar-refractivity contribution in [2.24, 2.45) is 0 Å². The maximum absolute atomic E-state index is 10.5. The summed E-state index contributed by atoms with van der Waals surface area (Å²) >= 11 is 0. The van der Waals surface area contributed by atoms with E-state index in [-0.39, 0.29) is 0 Å². The van der Waals surface area contributed by atoms with E-state index in [2.05, 4.69) is 22.4 Å². The van der Waals surface area contributed by atoms with Gasteiger partial charge >= 0.3 is 0 Å². The first-order valence-corrected chi connectivity index (χ1v) is 5.82. The Hall–Kier alpha value is -2.42. The highest BCUT2D eigenvalue weighted by atomic mass is 16.1. The second-order valence-electron chi connectivity index (χ2n) is 4.19. The summed E-state index contributed by atoms with van der Waals surface area (Å²) in [5.74, 6) is 0. The van der Waals surface area contributed by atoms with Gasteiger partial charge in [0.25, 0.3) is 0 Å². The SMILES string of the molecule is O=CNc1ccc2c(c1)C(c1ccncc1)=CC2. The molecule has 0 atom stereocenters. The number of fused-ring (bicyclic) bond motifs is 1. The van der Waals surface area contributed by atoms with Gasteiger partial charge in [-0.3, -0.25) is 9.78 Å². The summed E-state index contributed by atoms with van der Waals surface area (Å²) in [7, 11) is 0. The van der Waals surface area contributed by atoms with Crippen LogP contribution in [0, 0.1) is 0 Å². The molecule has 1 aliphatic rings. The number of pyridine rings is 1. The molecule has 0 fully saturated rings. The van der Waals surface area contributed by atoms with Crippen LogP contribution in [0.25, 0.3) is 5.57 Å². The normalized spacial score (nSPS) is 12.8. The lowest BCUT2D eigenvalue weighted by Gasteiger charge is -2.08. The first-order chi connectivity index (χ1) is 8.88. The average Bonchev–Trinajstić information content (AvgIpc) is 2.83. The van der Waals surface area contributed by atoms with Crippen molar-refractivity contribution in [3.05, 3.63) is 65.5 Å². The largest absolute Gasteiger partial charge is 0.329 e. The fraction of sp³-hybridized carbons (Fsp3) is 0.0667. The number of rotatable bonds is 3. The lowest BCUT2D eigenvalue weighted by Crippen LogP contribution is -1.95. The van der Waals surface area contributed by atoms with Gasteiger partial charge in [0.1, 0.15) is 0 Å². The van der Waals surface area contributed by atoms with Crippen LogP contribution in [0.1, 0.15) is 16.7 Å². The molecule has 0 spiro atoms. The third kappa shape index (κ3) is 1.80. The molecule has 2 aromatic rings. The molecule has 1 heterocycles. The van der Waals surface area contributed by atoms with Crippen molar-refractivity contribution in [3.8, 4) is 0 Å². The highest BCUT2D eigenvalue weighted by molar-refractivity contribution is 5.87. The van der Waals surface area contributed by atoms with E-state index in [0.29, 0.717) is 6.41 Å². The summed E-state index contributed by atoms with van der Waals surface area (Å²) in [4.78, 5) is 14.5. The first-order valence-electron chi connectivity index (χ1n) is 5.82. The number of hydrogen-bond acceptors (Lipinski definition) is 2. The summed E-state index contributed by atoms with van der Waals surface area (Å²) in [5.41, 5.74) is 5.67. The second kappa shape index (κ2) is 4.45. The summed E-state index contributed by atoms with van der Waals surface area (Å²) in [5, 5.41) is 2.69. The number of nitrogens with one attached hydrogen (secondary N) is 1. The zero-order valence-corrected chi connectivity index (χ0v) is 9.76. The molecule has 0 saturated heterocycles. The number of carbonyl (C=O) groups excluding carboxylic acids is 1. The molecular weight excluding hydrogens is 224 g/mol. The van der Waals surface area contributed by atoms with E-state index in [1.165, 1.54) is 16.7 Å². The van der Waals surface area contributed by atoms with Crippen LogP contribution in [0.2, 0.25) is 0 Å². The van der Waals surface area contributed by atoms with Crippen LogP contribution in [0.15, 0.2) is 48.8 Å². The number of allylic oxidation sites excluding steroid dienone is 1. The van der Waals surface area contributed by atoms with E-state index < -0.39 is 0 Å². The quantitative estimate of drug-likeness (QED) is 0.832. The predicted molar refractivity (Wildman–Crippen MR) is 71.1 cm³/mol. The van der Waals surface area contributed by atoms with Crippen LogP contribution in [0.4, 0.5) is 5.69 Å². The molecule has 0 saturated carbocycles. The summed E-state index contributed by atoms with van der Waals surface area (Å²) in [6.45, 7) is 0. The minimum atomic E-state index is 0.701. The lowest BCUT2D eigenvalue weighted by atomic mass is 9.99. The third-order valence-corrected chi connectivity index (χ3v) is 3.14. The van der Waals surface area contributed by atoms with Gasteiger partial charge in [0.05, 0.1) is 0 Å². The van der Waals surface area contributed by atoms with Gasteiger partial charge < -0.3 is 5.32 Å². The van der Waals surface area contributed by atoms with Crippen LogP contribution in [-0.4, -0.2) is 11.4 Å². The van der Waals surface area contributed by atoms with Gasteiger partial charge in [-0.15, -0.1) is 0 Å². The van der Waals surface area contributed by atoms with E-state index in [1.807, 2.05) is 24.3 Å². The Morgan fingerprint density at radius 1 is 1.17 bits per heavy atom. The Labute approximate surface area is 105 Å². The van der Waals surface area contributed by atoms with E-state index in [9.17, 15) is 4.79 Å². The van der Waals surface area contributed by atoms with Crippen molar-refractivity contribution in [3.63, 3.8) is 0 Å². The summed E-state index contributed by atoms with van der Waals surface area (Å²) in [6, 6.07) is 10.0. The highest BCUT2D eigenvalue weighted by Crippen LogP contribution is 2.34. The Bertz CT molecular complexity index is 618. The minimum absolute atomic E-state index is 0.701. The van der Waals surface area contributed by atoms with E-state index in [1.54, 1.807) is 12.4 Å². The molecule has 0 bridgehead atoms. The molecule has 0 unspecified atom stereocenters. The number of carbonyl (C=O) groups is 1. The first kappa shape index (κ1) is 10.7. The van der Waals surface area contributed by atoms with Crippen LogP contribution >= 0.6 is 0 Å². The Morgan fingerprint density at radius 3 is 2.78 bits per heavy atom. The van der Waals surface area contributed by atoms with E-state index in [0.717, 1.165) is 17.7 Å². The smallest absolute Gasteiger partial charge is 0.211 e. The Morgan fingerprint density at radius 2 is 2.00 bits per heavy atom. The van der Waals surface area contributed by atoms with Crippen LogP contribution in [0.5, 0.6) is 0 Å². The molecular formula is C15H12N2O. The Kier molecular flexibility index (Phi) is 2.65. The molecule has 3 rings (SSSR count). The standard InChI is InChI=1S/C15H12N2O/c18-10-17-13-3-1-11-2-4-14(15(11)9-13)12-5-7-16-8-6-12/h1,3-10H,2H2,(H,17,18). The minimum Gasteiger partial charge on any atom is -0.329 e. The van der Waals surface area contributed by atoms with Crippen molar-refractivity contribution >= 4 is 17.7 Å². The lowest BCUT2D eigenvalue weighted by molar-refractivity contribution is -0.105. The topological polar surface area (TPSA) is 42.0 Å². The molecule has 1 aliphatic carbocycles. The second-order valence-corrected chi connectivity index (χ2v) is 4.19. The van der Waals surface area contributed by atoms with E-state index >= 15 is 0 Å². The summed E-state index contributed by atoms with van der Waals surface area (Å²) in [6.07, 6.45) is 7.44. The maximum atomic E-state index is 10.5. The highest BCUT2D eigenvalue weighted by Gasteiger charge is 2.15. The van der Waals surface area contributed by atoms with Crippen molar-refractivity contribution in [1.82, 2.24) is 4.98 Å². The van der Waals surface area contributed by atoms with Crippen molar-refractivity contribution in [2.45, 2.75) is 6.42 Å². The van der Waals surface area contributed by atoms with Gasteiger partial charge in [0, 0.05) is 18.1 Å². The number of aromatic nitrogens is 1. The van der Waals surface area contributed by atoms with Crippen molar-refractivity contribution in [1.29, 1.82) is 0 Å². The van der Waals surface area contributed by atoms with Crippen molar-refractivity contribution < 1.29 is 4.79 Å². The maximum Gasteiger partial charge on any atom is 0.211 e. The van der Waals surface area contributed by atoms with Crippen LogP contribution in [0.3, 0.4) is 0 Å². The van der Waals surface area contributed by atoms with Gasteiger partial charge in [-0.1, -0.05) is 12.1 Å². The summed E-state index contributed by atoms with van der Waals surface area (Å²) < 4.78 is 0. The van der Waals surface area contributed by atoms with Crippen LogP contribution in [-0.2, 0) is 11.2 Å². The average molecular weight is 236 g/mol. The fourth-order valence-corrected chi connectivity index (χ4v) is 2.29. The molecule has 3 heteroatoms. The molecule has 18 heavy (non-hydrogen) atoms. The molecule has 1 aromatic heterocycles. The van der Waals surface area contributed by atoms with Gasteiger partial charge in [-0.05, 0) is 52.9 Å². The zero-order valence-electron chi connectivity index (χ0n) is 9.76. The van der Waals surface area contributed by atoms with Gasteiger partial charge in [0.2, 0.25) is 6.41 Å². The van der Waals surface area contributed by atoms with Gasteiger partial charge in [0.15, 0.2) is 0 Å². The molecule has 1 N–H and O–H groups in total. The third-order valence-electron chi connectivity index (χ3n) is 3.14. The number of amides is 1. The molecule has 3 nitrogen and oxygen atoms in total. The number of hydrogen-bond donors (Lipinski definition) is 1. The number of anilines is 1. The molecule has 1 amide bonds. The molecule has 0 radical (unpaired) electrons. The zero-order chi connectivity index (χ0) is 12.4.